The molecule has 4 nitrogen and oxygen atoms in total. The van der Waals surface area contributed by atoms with Crippen LogP contribution in [0.5, 0.6) is 0 Å². The van der Waals surface area contributed by atoms with Crippen molar-refractivity contribution in [2.24, 2.45) is 0 Å². The summed E-state index contributed by atoms with van der Waals surface area (Å²) in [5.74, 6) is -1.07. The summed E-state index contributed by atoms with van der Waals surface area (Å²) in [4.78, 5) is 11.4. The molecule has 2 N–H and O–H groups in total. The molecule has 0 fully saturated rings. The minimum atomic E-state index is -0.541. The van der Waals surface area contributed by atoms with Gasteiger partial charge in [0, 0.05) is 19.2 Å². The number of hydrogen-bond donors (Lipinski definition) is 2. The van der Waals surface area contributed by atoms with Crippen molar-refractivity contribution in [3.8, 4) is 0 Å². The Hall–Kier alpha value is -1.37. The zero-order chi connectivity index (χ0) is 16.0. The van der Waals surface area contributed by atoms with Gasteiger partial charge in [-0.25, -0.2) is 13.6 Å². The number of nitrogens with one attached hydrogen (secondary N) is 2. The van der Waals surface area contributed by atoms with E-state index in [-0.39, 0.29) is 10.2 Å². The van der Waals surface area contributed by atoms with Crippen molar-refractivity contribution in [2.45, 2.75) is 32.8 Å². The van der Waals surface area contributed by atoms with E-state index in [1.54, 1.807) is 20.8 Å². The van der Waals surface area contributed by atoms with E-state index < -0.39 is 23.3 Å². The second kappa shape index (κ2) is 7.59. The Morgan fingerprint density at radius 2 is 1.90 bits per heavy atom. The van der Waals surface area contributed by atoms with Crippen molar-refractivity contribution in [1.82, 2.24) is 5.32 Å². The Morgan fingerprint density at radius 1 is 1.24 bits per heavy atom. The Labute approximate surface area is 131 Å². The predicted octanol–water partition coefficient (Wildman–Crippen LogP) is 4.05. The molecule has 0 saturated heterocycles. The van der Waals surface area contributed by atoms with Gasteiger partial charge in [0.2, 0.25) is 0 Å². The summed E-state index contributed by atoms with van der Waals surface area (Å²) < 4.78 is 31.9. The Kier molecular flexibility index (Phi) is 6.39. The van der Waals surface area contributed by atoms with Crippen LogP contribution in [0.1, 0.15) is 27.2 Å². The minimum Gasteiger partial charge on any atom is -0.444 e. The highest BCUT2D eigenvalue weighted by Gasteiger charge is 2.15. The molecule has 0 bridgehead atoms. The molecular weight excluding hydrogens is 346 g/mol. The first-order valence-electron chi connectivity index (χ1n) is 6.54. The van der Waals surface area contributed by atoms with E-state index in [0.29, 0.717) is 19.5 Å². The van der Waals surface area contributed by atoms with E-state index in [2.05, 4.69) is 26.6 Å². The second-order valence-corrected chi connectivity index (χ2v) is 6.31. The monoisotopic (exact) mass is 364 g/mol. The standard InChI is InChI=1S/C14H19BrF2N2O2/c1-14(2,3)21-13(20)19-6-4-5-18-12-8-10(16)9(15)7-11(12)17/h7-8,18H,4-6H2,1-3H3,(H,19,20). The van der Waals surface area contributed by atoms with Crippen LogP contribution in [0, 0.1) is 11.6 Å². The molecular formula is C14H19BrF2N2O2. The second-order valence-electron chi connectivity index (χ2n) is 5.46. The highest BCUT2D eigenvalue weighted by molar-refractivity contribution is 9.10. The number of rotatable bonds is 5. The van der Waals surface area contributed by atoms with Crippen LogP contribution in [-0.4, -0.2) is 24.8 Å². The summed E-state index contributed by atoms with van der Waals surface area (Å²) in [5, 5.41) is 5.36. The van der Waals surface area contributed by atoms with E-state index in [1.165, 1.54) is 0 Å². The van der Waals surface area contributed by atoms with E-state index in [4.69, 9.17) is 4.74 Å². The van der Waals surface area contributed by atoms with E-state index in [0.717, 1.165) is 12.1 Å². The summed E-state index contributed by atoms with van der Waals surface area (Å²) in [6, 6.07) is 2.15. The summed E-state index contributed by atoms with van der Waals surface area (Å²) >= 11 is 2.91. The summed E-state index contributed by atoms with van der Waals surface area (Å²) in [6.45, 7) is 6.10. The maximum Gasteiger partial charge on any atom is 0.407 e. The van der Waals surface area contributed by atoms with Gasteiger partial charge in [-0.05, 0) is 49.2 Å². The molecule has 0 spiro atoms. The zero-order valence-corrected chi connectivity index (χ0v) is 13.8. The third-order valence-corrected chi connectivity index (χ3v) is 2.95. The lowest BCUT2D eigenvalue weighted by Crippen LogP contribution is -2.33. The molecule has 0 heterocycles. The molecule has 0 unspecified atom stereocenters. The molecule has 7 heteroatoms. The molecule has 0 aromatic heterocycles. The van der Waals surface area contributed by atoms with Gasteiger partial charge in [-0.15, -0.1) is 0 Å². The maximum atomic E-state index is 13.5. The number of ether oxygens (including phenoxy) is 1. The van der Waals surface area contributed by atoms with Gasteiger partial charge in [-0.3, -0.25) is 0 Å². The van der Waals surface area contributed by atoms with E-state index >= 15 is 0 Å². The largest absolute Gasteiger partial charge is 0.444 e. The number of halogens is 3. The molecule has 0 aliphatic heterocycles. The van der Waals surface area contributed by atoms with Crippen LogP contribution < -0.4 is 10.6 Å². The lowest BCUT2D eigenvalue weighted by molar-refractivity contribution is 0.0528. The van der Waals surface area contributed by atoms with Crippen molar-refractivity contribution in [3.05, 3.63) is 28.2 Å². The highest BCUT2D eigenvalue weighted by Crippen LogP contribution is 2.23. The van der Waals surface area contributed by atoms with Crippen LogP contribution >= 0.6 is 15.9 Å². The fourth-order valence-corrected chi connectivity index (χ4v) is 1.79. The fourth-order valence-electron chi connectivity index (χ4n) is 1.47. The Bertz CT molecular complexity index is 504. The van der Waals surface area contributed by atoms with Crippen molar-refractivity contribution >= 4 is 27.7 Å². The molecule has 1 amide bonds. The van der Waals surface area contributed by atoms with Gasteiger partial charge >= 0.3 is 6.09 Å². The predicted molar refractivity (Wildman–Crippen MR) is 81.4 cm³/mol. The lowest BCUT2D eigenvalue weighted by atomic mass is 10.2. The van der Waals surface area contributed by atoms with E-state index in [9.17, 15) is 13.6 Å². The number of carbonyl (C=O) groups is 1. The molecule has 0 aliphatic carbocycles. The Balaban J connectivity index is 2.29. The quantitative estimate of drug-likeness (QED) is 0.611. The molecule has 1 rings (SSSR count). The topological polar surface area (TPSA) is 50.4 Å². The third kappa shape index (κ3) is 6.75. The molecule has 1 aromatic rings. The SMILES string of the molecule is CC(C)(C)OC(=O)NCCCNc1cc(F)c(Br)cc1F. The molecule has 1 aromatic carbocycles. The molecule has 0 radical (unpaired) electrons. The zero-order valence-electron chi connectivity index (χ0n) is 12.2. The summed E-state index contributed by atoms with van der Waals surface area (Å²) in [7, 11) is 0. The van der Waals surface area contributed by atoms with Crippen molar-refractivity contribution in [1.29, 1.82) is 0 Å². The number of carbonyl (C=O) groups excluding carboxylic acids is 1. The van der Waals surface area contributed by atoms with Gasteiger partial charge in [-0.1, -0.05) is 0 Å². The van der Waals surface area contributed by atoms with Gasteiger partial charge in [0.1, 0.15) is 17.2 Å². The van der Waals surface area contributed by atoms with Crippen molar-refractivity contribution < 1.29 is 18.3 Å². The van der Waals surface area contributed by atoms with Crippen LogP contribution in [0.25, 0.3) is 0 Å². The Morgan fingerprint density at radius 3 is 2.52 bits per heavy atom. The number of hydrogen-bond acceptors (Lipinski definition) is 3. The molecule has 118 valence electrons. The summed E-state index contributed by atoms with van der Waals surface area (Å²) in [6.07, 6.45) is 0.0551. The normalized spacial score (nSPS) is 11.1. The van der Waals surface area contributed by atoms with Crippen LogP contribution in [0.2, 0.25) is 0 Å². The number of amides is 1. The van der Waals surface area contributed by atoms with Crippen molar-refractivity contribution in [3.63, 3.8) is 0 Å². The van der Waals surface area contributed by atoms with Crippen LogP contribution in [0.4, 0.5) is 19.3 Å². The van der Waals surface area contributed by atoms with Crippen LogP contribution in [0.3, 0.4) is 0 Å². The summed E-state index contributed by atoms with van der Waals surface area (Å²) in [5.41, 5.74) is -0.451. The molecule has 0 aliphatic rings. The van der Waals surface area contributed by atoms with Gasteiger partial charge in [0.15, 0.2) is 0 Å². The maximum absolute atomic E-state index is 13.5. The number of benzene rings is 1. The first kappa shape index (κ1) is 17.7. The van der Waals surface area contributed by atoms with Crippen LogP contribution in [0.15, 0.2) is 16.6 Å². The van der Waals surface area contributed by atoms with Crippen LogP contribution in [-0.2, 0) is 4.74 Å². The van der Waals surface area contributed by atoms with Gasteiger partial charge in [-0.2, -0.15) is 0 Å². The number of alkyl carbamates (subject to hydrolysis) is 1. The van der Waals surface area contributed by atoms with Gasteiger partial charge in [0.05, 0.1) is 10.2 Å². The lowest BCUT2D eigenvalue weighted by Gasteiger charge is -2.19. The average molecular weight is 365 g/mol. The smallest absolute Gasteiger partial charge is 0.407 e. The van der Waals surface area contributed by atoms with E-state index in [1.807, 2.05) is 0 Å². The first-order chi connectivity index (χ1) is 9.69. The highest BCUT2D eigenvalue weighted by atomic mass is 79.9. The molecule has 0 atom stereocenters. The van der Waals surface area contributed by atoms with Gasteiger partial charge < -0.3 is 15.4 Å². The van der Waals surface area contributed by atoms with Gasteiger partial charge in [0.25, 0.3) is 0 Å². The minimum absolute atomic E-state index is 0.0807. The average Bonchev–Trinajstić information content (AvgIpc) is 2.32. The first-order valence-corrected chi connectivity index (χ1v) is 7.33. The fraction of sp³-hybridized carbons (Fsp3) is 0.500. The molecule has 0 saturated carbocycles. The van der Waals surface area contributed by atoms with Crippen molar-refractivity contribution in [2.75, 3.05) is 18.4 Å². The molecule has 21 heavy (non-hydrogen) atoms. The number of anilines is 1. The third-order valence-electron chi connectivity index (χ3n) is 2.35.